The van der Waals surface area contributed by atoms with Gasteiger partial charge in [-0.3, -0.25) is 9.48 Å². The van der Waals surface area contributed by atoms with Gasteiger partial charge in [0.2, 0.25) is 0 Å². The van der Waals surface area contributed by atoms with E-state index in [0.29, 0.717) is 42.6 Å². The molecule has 0 unspecified atom stereocenters. The van der Waals surface area contributed by atoms with Crippen molar-refractivity contribution in [1.29, 1.82) is 0 Å². The highest BCUT2D eigenvalue weighted by molar-refractivity contribution is 7.12. The summed E-state index contributed by atoms with van der Waals surface area (Å²) in [5.74, 6) is 1.09. The first-order valence-electron chi connectivity index (χ1n) is 8.91. The van der Waals surface area contributed by atoms with Gasteiger partial charge in [-0.05, 0) is 45.0 Å². The van der Waals surface area contributed by atoms with Crippen LogP contribution >= 0.6 is 11.3 Å². The van der Waals surface area contributed by atoms with Crippen molar-refractivity contribution in [3.63, 3.8) is 0 Å². The summed E-state index contributed by atoms with van der Waals surface area (Å²) in [6.45, 7) is 7.94. The van der Waals surface area contributed by atoms with Gasteiger partial charge in [0.15, 0.2) is 17.2 Å². The van der Waals surface area contributed by atoms with Gasteiger partial charge < -0.3 is 14.8 Å². The largest absolute Gasteiger partial charge is 0.486 e. The minimum atomic E-state index is -0.246. The van der Waals surface area contributed by atoms with E-state index in [0.717, 1.165) is 11.3 Å². The quantitative estimate of drug-likeness (QED) is 0.731. The predicted molar refractivity (Wildman–Crippen MR) is 106 cm³/mol. The van der Waals surface area contributed by atoms with Gasteiger partial charge in [0.05, 0.1) is 5.69 Å². The van der Waals surface area contributed by atoms with Gasteiger partial charge in [0.1, 0.15) is 13.2 Å². The Balaban J connectivity index is 1.60. The molecule has 6 nitrogen and oxygen atoms in total. The van der Waals surface area contributed by atoms with Crippen LogP contribution in [0.3, 0.4) is 0 Å². The second-order valence-corrected chi connectivity index (χ2v) is 7.83. The molecule has 1 aliphatic heterocycles. The lowest BCUT2D eigenvalue weighted by Crippen LogP contribution is -2.16. The fourth-order valence-electron chi connectivity index (χ4n) is 3.19. The van der Waals surface area contributed by atoms with Crippen LogP contribution in [0.5, 0.6) is 11.5 Å². The lowest BCUT2D eigenvalue weighted by molar-refractivity contribution is 0.102. The van der Waals surface area contributed by atoms with Crippen LogP contribution in [0.4, 0.5) is 5.69 Å². The van der Waals surface area contributed by atoms with Crippen molar-refractivity contribution in [2.24, 2.45) is 0 Å². The van der Waals surface area contributed by atoms with Crippen molar-refractivity contribution in [1.82, 2.24) is 9.78 Å². The highest BCUT2D eigenvalue weighted by Gasteiger charge is 2.18. The molecule has 0 bridgehead atoms. The van der Waals surface area contributed by atoms with Gasteiger partial charge in [-0.1, -0.05) is 0 Å². The molecule has 1 amide bonds. The number of nitrogens with zero attached hydrogens (tertiary/aromatic N) is 2. The van der Waals surface area contributed by atoms with E-state index in [4.69, 9.17) is 9.47 Å². The maximum absolute atomic E-state index is 12.7. The molecule has 7 heteroatoms. The van der Waals surface area contributed by atoms with E-state index in [-0.39, 0.29) is 5.91 Å². The van der Waals surface area contributed by atoms with E-state index in [1.54, 1.807) is 29.5 Å². The normalized spacial score (nSPS) is 12.9. The van der Waals surface area contributed by atoms with Crippen LogP contribution in [-0.4, -0.2) is 28.9 Å². The number of rotatable bonds is 4. The van der Waals surface area contributed by atoms with Crippen LogP contribution in [-0.2, 0) is 6.54 Å². The Morgan fingerprint density at radius 1 is 1.19 bits per heavy atom. The maximum atomic E-state index is 12.7. The van der Waals surface area contributed by atoms with E-state index in [1.807, 2.05) is 17.7 Å². The summed E-state index contributed by atoms with van der Waals surface area (Å²) in [5.41, 5.74) is 3.14. The van der Waals surface area contributed by atoms with Crippen LogP contribution in [0.1, 0.15) is 27.2 Å². The summed E-state index contributed by atoms with van der Waals surface area (Å²) in [7, 11) is 0. The number of aryl methyl sites for hydroxylation is 3. The Hall–Kier alpha value is -2.80. The predicted octanol–water partition coefficient (Wildman–Crippen LogP) is 4.27. The second-order valence-electron chi connectivity index (χ2n) is 6.37. The van der Waals surface area contributed by atoms with Crippen molar-refractivity contribution >= 4 is 22.9 Å². The van der Waals surface area contributed by atoms with Gasteiger partial charge in [-0.25, -0.2) is 0 Å². The van der Waals surface area contributed by atoms with Gasteiger partial charge in [0, 0.05) is 33.6 Å². The number of hydrogen-bond donors (Lipinski definition) is 1. The molecule has 0 spiro atoms. The molecule has 27 heavy (non-hydrogen) atoms. The first kappa shape index (κ1) is 17.6. The molecular formula is C20H21N3O3S. The van der Waals surface area contributed by atoms with Crippen LogP contribution in [0.15, 0.2) is 30.3 Å². The summed E-state index contributed by atoms with van der Waals surface area (Å²) < 4.78 is 13.0. The van der Waals surface area contributed by atoms with Crippen LogP contribution in [0.25, 0.3) is 11.3 Å². The molecule has 1 aromatic carbocycles. The van der Waals surface area contributed by atoms with E-state index >= 15 is 0 Å². The van der Waals surface area contributed by atoms with E-state index < -0.39 is 0 Å². The lowest BCUT2D eigenvalue weighted by Gasteiger charge is -2.18. The summed E-state index contributed by atoms with van der Waals surface area (Å²) >= 11 is 1.75. The molecule has 1 N–H and O–H groups in total. The van der Waals surface area contributed by atoms with E-state index in [1.165, 1.54) is 9.75 Å². The fraction of sp³-hybridized carbons (Fsp3) is 0.300. The average molecular weight is 383 g/mol. The van der Waals surface area contributed by atoms with Gasteiger partial charge in [0.25, 0.3) is 5.91 Å². The molecule has 0 atom stereocenters. The monoisotopic (exact) mass is 383 g/mol. The Morgan fingerprint density at radius 2 is 1.96 bits per heavy atom. The summed E-state index contributed by atoms with van der Waals surface area (Å²) in [6.07, 6.45) is 0. The Morgan fingerprint density at radius 3 is 2.67 bits per heavy atom. The van der Waals surface area contributed by atoms with Gasteiger partial charge >= 0.3 is 0 Å². The number of nitrogens with one attached hydrogen (secondary N) is 1. The minimum Gasteiger partial charge on any atom is -0.486 e. The topological polar surface area (TPSA) is 65.4 Å². The lowest BCUT2D eigenvalue weighted by atomic mass is 10.1. The summed E-state index contributed by atoms with van der Waals surface area (Å²) in [4.78, 5) is 15.2. The minimum absolute atomic E-state index is 0.246. The van der Waals surface area contributed by atoms with Crippen molar-refractivity contribution in [3.8, 4) is 22.8 Å². The van der Waals surface area contributed by atoms with Gasteiger partial charge in [-0.15, -0.1) is 11.3 Å². The Labute approximate surface area is 161 Å². The molecule has 0 fully saturated rings. The molecular weight excluding hydrogens is 362 g/mol. The Bertz CT molecular complexity index is 1010. The molecule has 140 valence electrons. The number of anilines is 1. The number of amides is 1. The summed E-state index contributed by atoms with van der Waals surface area (Å²) in [6, 6.07) is 9.38. The molecule has 0 radical (unpaired) electrons. The maximum Gasteiger partial charge on any atom is 0.276 e. The van der Waals surface area contributed by atoms with Crippen molar-refractivity contribution in [2.75, 3.05) is 18.5 Å². The van der Waals surface area contributed by atoms with Gasteiger partial charge in [-0.2, -0.15) is 5.10 Å². The van der Waals surface area contributed by atoms with Crippen molar-refractivity contribution < 1.29 is 14.3 Å². The van der Waals surface area contributed by atoms with Crippen molar-refractivity contribution in [3.05, 3.63) is 45.8 Å². The molecule has 2 aromatic heterocycles. The first-order valence-corrected chi connectivity index (χ1v) is 9.73. The average Bonchev–Trinajstić information content (AvgIpc) is 3.24. The zero-order valence-corrected chi connectivity index (χ0v) is 16.4. The number of benzene rings is 1. The molecule has 1 aliphatic rings. The van der Waals surface area contributed by atoms with Crippen LogP contribution in [0, 0.1) is 13.8 Å². The SMILES string of the molecule is CCn1nc(C(=O)Nc2ccc3c(c2)OCCO3)cc1-c1cc(C)sc1C. The number of fused-ring (bicyclic) bond motifs is 1. The van der Waals surface area contributed by atoms with Crippen LogP contribution in [0.2, 0.25) is 0 Å². The number of ether oxygens (including phenoxy) is 2. The molecule has 3 heterocycles. The number of carbonyl (C=O) groups is 1. The molecule has 4 rings (SSSR count). The summed E-state index contributed by atoms with van der Waals surface area (Å²) in [5, 5.41) is 7.39. The third kappa shape index (κ3) is 3.42. The number of aromatic nitrogens is 2. The second kappa shape index (κ2) is 7.08. The molecule has 0 aliphatic carbocycles. The Kier molecular flexibility index (Phi) is 4.61. The highest BCUT2D eigenvalue weighted by Crippen LogP contribution is 2.33. The standard InChI is InChI=1S/C20H21N3O3S/c1-4-23-17(15-9-12(2)27-13(15)3)11-16(22-23)20(24)21-14-5-6-18-19(10-14)26-8-7-25-18/h5-6,9-11H,4,7-8H2,1-3H3,(H,21,24). The van der Waals surface area contributed by atoms with Crippen molar-refractivity contribution in [2.45, 2.75) is 27.3 Å². The number of carbonyl (C=O) groups excluding carboxylic acids is 1. The van der Waals surface area contributed by atoms with E-state index in [2.05, 4.69) is 30.3 Å². The number of thiophene rings is 1. The zero-order chi connectivity index (χ0) is 19.0. The molecule has 0 saturated heterocycles. The zero-order valence-electron chi connectivity index (χ0n) is 15.5. The van der Waals surface area contributed by atoms with Crippen LogP contribution < -0.4 is 14.8 Å². The number of hydrogen-bond acceptors (Lipinski definition) is 5. The smallest absolute Gasteiger partial charge is 0.276 e. The van der Waals surface area contributed by atoms with E-state index in [9.17, 15) is 4.79 Å². The highest BCUT2D eigenvalue weighted by atomic mass is 32.1. The molecule has 3 aromatic rings. The molecule has 0 saturated carbocycles. The third-order valence-corrected chi connectivity index (χ3v) is 5.40. The fourth-order valence-corrected chi connectivity index (χ4v) is 4.12. The first-order chi connectivity index (χ1) is 13.0. The third-order valence-electron chi connectivity index (χ3n) is 4.43.